The molecule has 0 saturated heterocycles. The molecule has 0 heterocycles. The number of nitrogens with zero attached hydrogens (tertiary/aromatic N) is 1. The van der Waals surface area contributed by atoms with E-state index in [1.54, 1.807) is 0 Å². The number of quaternary nitrogens is 1. The lowest BCUT2D eigenvalue weighted by Gasteiger charge is -2.36. The summed E-state index contributed by atoms with van der Waals surface area (Å²) in [6.45, 7) is 11.7. The van der Waals surface area contributed by atoms with Crippen LogP contribution >= 0.6 is 0 Å². The molecule has 0 aliphatic rings. The van der Waals surface area contributed by atoms with Gasteiger partial charge in [-0.1, -0.05) is 48.5 Å². The maximum atomic E-state index is 12.7. The van der Waals surface area contributed by atoms with Gasteiger partial charge >= 0.3 is 0 Å². The van der Waals surface area contributed by atoms with Crippen LogP contribution in [-0.4, -0.2) is 30.0 Å². The summed E-state index contributed by atoms with van der Waals surface area (Å²) in [6.07, 6.45) is 0. The van der Waals surface area contributed by atoms with Crippen LogP contribution in [-0.2, 0) is 11.3 Å². The Hall–Kier alpha value is -1.65. The zero-order valence-corrected chi connectivity index (χ0v) is 17.3. The summed E-state index contributed by atoms with van der Waals surface area (Å²) < 4.78 is 0.765. The Morgan fingerprint density at radius 1 is 0.920 bits per heavy atom. The number of anilines is 1. The summed E-state index contributed by atoms with van der Waals surface area (Å²) in [4.78, 5) is 12.7. The van der Waals surface area contributed by atoms with Crippen molar-refractivity contribution in [2.45, 2.75) is 34.2 Å². The molecule has 0 fully saturated rings. The second-order valence-corrected chi connectivity index (χ2v) is 6.59. The molecule has 1 amide bonds. The molecule has 0 atom stereocenters. The summed E-state index contributed by atoms with van der Waals surface area (Å²) in [6, 6.07) is 16.5. The Balaban J connectivity index is 0.00000312. The standard InChI is InChI=1S/C21H28N2O.BrH/c1-5-23(6-2,15-19-13-8-7-9-14-19)16-20(24)22-21-17(3)11-10-12-18(21)4;/h7-14H,5-6,15-16H2,1-4H3;1H. The number of likely N-dealkylation sites (N-methyl/N-ethyl adjacent to an activating group) is 1. The minimum atomic E-state index is 0. The third-order valence-electron chi connectivity index (χ3n) is 4.93. The number of amides is 1. The summed E-state index contributed by atoms with van der Waals surface area (Å²) in [5.41, 5.74) is 4.45. The molecule has 2 aromatic carbocycles. The molecule has 0 aromatic heterocycles. The largest absolute Gasteiger partial charge is 1.00 e. The van der Waals surface area contributed by atoms with Gasteiger partial charge in [0.1, 0.15) is 6.54 Å². The Kier molecular flexibility index (Phi) is 8.33. The Morgan fingerprint density at radius 2 is 1.48 bits per heavy atom. The molecule has 3 nitrogen and oxygen atoms in total. The molecule has 0 unspecified atom stereocenters. The fraction of sp³-hybridized carbons (Fsp3) is 0.381. The fourth-order valence-electron chi connectivity index (χ4n) is 3.19. The van der Waals surface area contributed by atoms with Crippen LogP contribution in [0.25, 0.3) is 0 Å². The smallest absolute Gasteiger partial charge is 0.279 e. The highest BCUT2D eigenvalue weighted by molar-refractivity contribution is 5.93. The molecular weight excluding hydrogens is 376 g/mol. The number of carbonyl (C=O) groups is 1. The molecular formula is C21H29BrN2O. The van der Waals surface area contributed by atoms with Gasteiger partial charge in [0.25, 0.3) is 5.91 Å². The number of hydrogen-bond donors (Lipinski definition) is 1. The molecule has 0 aliphatic carbocycles. The molecule has 4 heteroatoms. The van der Waals surface area contributed by atoms with E-state index in [9.17, 15) is 4.79 Å². The Labute approximate surface area is 162 Å². The van der Waals surface area contributed by atoms with Gasteiger partial charge in [0.2, 0.25) is 0 Å². The van der Waals surface area contributed by atoms with Crippen LogP contribution in [0.3, 0.4) is 0 Å². The molecule has 2 rings (SSSR count). The quantitative estimate of drug-likeness (QED) is 0.692. The summed E-state index contributed by atoms with van der Waals surface area (Å²) in [7, 11) is 0. The number of halogens is 1. The van der Waals surface area contributed by atoms with E-state index in [-0.39, 0.29) is 22.9 Å². The lowest BCUT2D eigenvalue weighted by molar-refractivity contribution is -0.930. The van der Waals surface area contributed by atoms with Gasteiger partial charge in [0, 0.05) is 11.3 Å². The van der Waals surface area contributed by atoms with Crippen LogP contribution in [0, 0.1) is 13.8 Å². The van der Waals surface area contributed by atoms with E-state index < -0.39 is 0 Å². The van der Waals surface area contributed by atoms with E-state index in [2.05, 4.69) is 43.4 Å². The molecule has 0 bridgehead atoms. The van der Waals surface area contributed by atoms with Gasteiger partial charge in [0.05, 0.1) is 13.1 Å². The van der Waals surface area contributed by atoms with E-state index >= 15 is 0 Å². The predicted molar refractivity (Wildman–Crippen MR) is 101 cm³/mol. The van der Waals surface area contributed by atoms with E-state index in [1.807, 2.05) is 38.1 Å². The van der Waals surface area contributed by atoms with Crippen molar-refractivity contribution in [1.82, 2.24) is 0 Å². The lowest BCUT2D eigenvalue weighted by atomic mass is 10.1. The number of nitrogens with one attached hydrogen (secondary N) is 1. The number of aryl methyl sites for hydroxylation is 2. The predicted octanol–water partition coefficient (Wildman–Crippen LogP) is 1.30. The monoisotopic (exact) mass is 404 g/mol. The molecule has 136 valence electrons. The second-order valence-electron chi connectivity index (χ2n) is 6.59. The first-order chi connectivity index (χ1) is 11.5. The van der Waals surface area contributed by atoms with Crippen molar-refractivity contribution in [2.24, 2.45) is 0 Å². The van der Waals surface area contributed by atoms with Gasteiger partial charge in [-0.2, -0.15) is 0 Å². The van der Waals surface area contributed by atoms with Crippen LogP contribution in [0.1, 0.15) is 30.5 Å². The van der Waals surface area contributed by atoms with E-state index in [0.29, 0.717) is 6.54 Å². The minimum absolute atomic E-state index is 0. The van der Waals surface area contributed by atoms with Crippen LogP contribution in [0.5, 0.6) is 0 Å². The third-order valence-corrected chi connectivity index (χ3v) is 4.93. The van der Waals surface area contributed by atoms with Crippen molar-refractivity contribution in [1.29, 1.82) is 0 Å². The first kappa shape index (κ1) is 21.4. The average Bonchev–Trinajstić information content (AvgIpc) is 2.58. The van der Waals surface area contributed by atoms with E-state index in [0.717, 1.165) is 40.9 Å². The SMILES string of the molecule is CC[N+](CC)(CC(=O)Nc1c(C)cccc1C)Cc1ccccc1.[Br-]. The normalized spacial score (nSPS) is 10.9. The van der Waals surface area contributed by atoms with Crippen LogP contribution in [0.4, 0.5) is 5.69 Å². The van der Waals surface area contributed by atoms with Crippen molar-refractivity contribution < 1.29 is 26.3 Å². The maximum absolute atomic E-state index is 12.7. The number of para-hydroxylation sites is 1. The van der Waals surface area contributed by atoms with E-state index in [1.165, 1.54) is 5.56 Å². The summed E-state index contributed by atoms with van der Waals surface area (Å²) >= 11 is 0. The van der Waals surface area contributed by atoms with Crippen molar-refractivity contribution in [3.8, 4) is 0 Å². The maximum Gasteiger partial charge on any atom is 0.279 e. The molecule has 0 aliphatic heterocycles. The molecule has 2 aromatic rings. The van der Waals surface area contributed by atoms with E-state index in [4.69, 9.17) is 0 Å². The van der Waals surface area contributed by atoms with Crippen molar-refractivity contribution in [3.05, 3.63) is 65.2 Å². The van der Waals surface area contributed by atoms with Crippen LogP contribution in [0.15, 0.2) is 48.5 Å². The summed E-state index contributed by atoms with van der Waals surface area (Å²) in [5.74, 6) is 0.0898. The highest BCUT2D eigenvalue weighted by Crippen LogP contribution is 2.20. The third kappa shape index (κ3) is 5.68. The van der Waals surface area contributed by atoms with Crippen molar-refractivity contribution in [2.75, 3.05) is 25.0 Å². The zero-order valence-electron chi connectivity index (χ0n) is 15.7. The van der Waals surface area contributed by atoms with Gasteiger partial charge in [-0.05, 0) is 38.8 Å². The number of rotatable bonds is 7. The average molecular weight is 405 g/mol. The highest BCUT2D eigenvalue weighted by atomic mass is 79.9. The first-order valence-electron chi connectivity index (χ1n) is 8.75. The lowest BCUT2D eigenvalue weighted by Crippen LogP contribution is -3.00. The second kappa shape index (κ2) is 9.73. The molecule has 1 N–H and O–H groups in total. The molecule has 0 saturated carbocycles. The number of carbonyl (C=O) groups excluding carboxylic acids is 1. The summed E-state index contributed by atoms with van der Waals surface area (Å²) in [5, 5.41) is 3.13. The van der Waals surface area contributed by atoms with Crippen LogP contribution < -0.4 is 22.3 Å². The number of hydrogen-bond acceptors (Lipinski definition) is 1. The molecule has 0 radical (unpaired) electrons. The molecule has 25 heavy (non-hydrogen) atoms. The molecule has 0 spiro atoms. The minimum Gasteiger partial charge on any atom is -1.00 e. The Bertz CT molecular complexity index is 661. The zero-order chi connectivity index (χ0) is 17.6. The van der Waals surface area contributed by atoms with Gasteiger partial charge in [0.15, 0.2) is 6.54 Å². The Morgan fingerprint density at radius 3 is 2.00 bits per heavy atom. The fourth-order valence-corrected chi connectivity index (χ4v) is 3.19. The highest BCUT2D eigenvalue weighted by Gasteiger charge is 2.27. The van der Waals surface area contributed by atoms with Gasteiger partial charge in [-0.3, -0.25) is 4.79 Å². The van der Waals surface area contributed by atoms with Crippen molar-refractivity contribution >= 4 is 11.6 Å². The number of benzene rings is 2. The van der Waals surface area contributed by atoms with Gasteiger partial charge < -0.3 is 26.8 Å². The van der Waals surface area contributed by atoms with Crippen LogP contribution in [0.2, 0.25) is 0 Å². The topological polar surface area (TPSA) is 29.1 Å². The first-order valence-corrected chi connectivity index (χ1v) is 8.75. The van der Waals surface area contributed by atoms with Crippen molar-refractivity contribution in [3.63, 3.8) is 0 Å². The van der Waals surface area contributed by atoms with Gasteiger partial charge in [-0.15, -0.1) is 0 Å². The van der Waals surface area contributed by atoms with Gasteiger partial charge in [-0.25, -0.2) is 0 Å².